The van der Waals surface area contributed by atoms with Gasteiger partial charge in [-0.3, -0.25) is 4.79 Å². The van der Waals surface area contributed by atoms with Crippen LogP contribution < -0.4 is 10.1 Å². The molecule has 0 spiro atoms. The van der Waals surface area contributed by atoms with Crippen molar-refractivity contribution in [3.8, 4) is 5.75 Å². The monoisotopic (exact) mass is 290 g/mol. The zero-order valence-electron chi connectivity index (χ0n) is 13.1. The van der Waals surface area contributed by atoms with Crippen LogP contribution in [0.3, 0.4) is 0 Å². The van der Waals surface area contributed by atoms with Crippen LogP contribution in [0.1, 0.15) is 33.1 Å². The Labute approximate surface area is 127 Å². The molecular formula is C17H26N2O2. The van der Waals surface area contributed by atoms with Gasteiger partial charge in [0.1, 0.15) is 5.75 Å². The lowest BCUT2D eigenvalue weighted by atomic mass is 10.0. The number of benzene rings is 1. The quantitative estimate of drug-likeness (QED) is 0.847. The molecule has 1 heterocycles. The van der Waals surface area contributed by atoms with Gasteiger partial charge in [-0.2, -0.15) is 0 Å². The van der Waals surface area contributed by atoms with Crippen molar-refractivity contribution < 1.29 is 9.53 Å². The normalized spacial score (nSPS) is 18.1. The summed E-state index contributed by atoms with van der Waals surface area (Å²) in [6.45, 7) is 7.54. The maximum absolute atomic E-state index is 12.4. The highest BCUT2D eigenvalue weighted by molar-refractivity contribution is 5.77. The summed E-state index contributed by atoms with van der Waals surface area (Å²) in [4.78, 5) is 14.4. The topological polar surface area (TPSA) is 41.6 Å². The van der Waals surface area contributed by atoms with Gasteiger partial charge in [0.05, 0.1) is 6.61 Å². The third-order valence-corrected chi connectivity index (χ3v) is 3.87. The summed E-state index contributed by atoms with van der Waals surface area (Å²) in [6, 6.07) is 9.74. The van der Waals surface area contributed by atoms with Crippen molar-refractivity contribution in [3.05, 3.63) is 30.3 Å². The zero-order chi connectivity index (χ0) is 15.1. The lowest BCUT2D eigenvalue weighted by Gasteiger charge is -2.37. The summed E-state index contributed by atoms with van der Waals surface area (Å²) in [5.41, 5.74) is -0.103. The van der Waals surface area contributed by atoms with Crippen LogP contribution in [0.15, 0.2) is 30.3 Å². The van der Waals surface area contributed by atoms with E-state index in [4.69, 9.17) is 4.74 Å². The summed E-state index contributed by atoms with van der Waals surface area (Å²) < 4.78 is 5.64. The minimum absolute atomic E-state index is 0.103. The van der Waals surface area contributed by atoms with Crippen LogP contribution in [-0.2, 0) is 4.79 Å². The molecule has 1 aliphatic heterocycles. The Kier molecular flexibility index (Phi) is 5.62. The number of rotatable bonds is 5. The first-order chi connectivity index (χ1) is 10.1. The van der Waals surface area contributed by atoms with Crippen molar-refractivity contribution in [2.24, 2.45) is 0 Å². The van der Waals surface area contributed by atoms with Gasteiger partial charge in [-0.25, -0.2) is 0 Å². The van der Waals surface area contributed by atoms with Crippen LogP contribution in [-0.4, -0.2) is 42.6 Å². The van der Waals surface area contributed by atoms with E-state index >= 15 is 0 Å². The number of carbonyl (C=O) groups excluding carboxylic acids is 1. The molecule has 0 atom stereocenters. The van der Waals surface area contributed by atoms with Gasteiger partial charge in [-0.1, -0.05) is 18.2 Å². The Morgan fingerprint density at radius 1 is 1.33 bits per heavy atom. The summed E-state index contributed by atoms with van der Waals surface area (Å²) >= 11 is 0. The molecule has 1 aromatic rings. The molecule has 21 heavy (non-hydrogen) atoms. The van der Waals surface area contributed by atoms with Gasteiger partial charge in [0.25, 0.3) is 0 Å². The molecule has 0 saturated carbocycles. The molecule has 116 valence electrons. The Hall–Kier alpha value is -1.55. The fourth-order valence-corrected chi connectivity index (χ4v) is 2.68. The van der Waals surface area contributed by atoms with Crippen LogP contribution in [0.5, 0.6) is 5.75 Å². The summed E-state index contributed by atoms with van der Waals surface area (Å²) in [5.74, 6) is 1.10. The van der Waals surface area contributed by atoms with Crippen LogP contribution in [0.2, 0.25) is 0 Å². The van der Waals surface area contributed by atoms with E-state index in [9.17, 15) is 4.79 Å². The Morgan fingerprint density at radius 3 is 2.86 bits per heavy atom. The van der Waals surface area contributed by atoms with Crippen LogP contribution in [0.4, 0.5) is 0 Å². The van der Waals surface area contributed by atoms with E-state index in [1.54, 1.807) is 0 Å². The second-order valence-corrected chi connectivity index (χ2v) is 6.15. The van der Waals surface area contributed by atoms with Crippen molar-refractivity contribution in [3.63, 3.8) is 0 Å². The number of nitrogens with one attached hydrogen (secondary N) is 1. The van der Waals surface area contributed by atoms with Gasteiger partial charge >= 0.3 is 0 Å². The van der Waals surface area contributed by atoms with Crippen LogP contribution in [0.25, 0.3) is 0 Å². The smallest absolute Gasteiger partial charge is 0.223 e. The minimum Gasteiger partial charge on any atom is -0.494 e. The second kappa shape index (κ2) is 7.46. The molecule has 1 fully saturated rings. The molecule has 0 radical (unpaired) electrons. The Balaban J connectivity index is 1.76. The summed E-state index contributed by atoms with van der Waals surface area (Å²) in [6.07, 6.45) is 2.33. The molecule has 0 aromatic heterocycles. The van der Waals surface area contributed by atoms with Gasteiger partial charge in [0.15, 0.2) is 0 Å². The largest absolute Gasteiger partial charge is 0.494 e. The van der Waals surface area contributed by atoms with Crippen LogP contribution >= 0.6 is 0 Å². The van der Waals surface area contributed by atoms with Crippen LogP contribution in [0, 0.1) is 0 Å². The number of hydrogen-bond donors (Lipinski definition) is 1. The highest BCUT2D eigenvalue weighted by atomic mass is 16.5. The van der Waals surface area contributed by atoms with Gasteiger partial charge in [0.2, 0.25) is 5.91 Å². The SMILES string of the molecule is CC1(C)CNCCCN1C(=O)CCCOc1ccccc1. The van der Waals surface area contributed by atoms with E-state index in [0.717, 1.165) is 38.2 Å². The summed E-state index contributed by atoms with van der Waals surface area (Å²) in [7, 11) is 0. The van der Waals surface area contributed by atoms with Crippen molar-refractivity contribution in [2.45, 2.75) is 38.6 Å². The molecule has 1 aliphatic rings. The standard InChI is InChI=1S/C17H26N2O2/c1-17(2)14-18-11-7-12-19(17)16(20)10-6-13-21-15-8-4-3-5-9-15/h3-5,8-9,18H,6-7,10-14H2,1-2H3. The molecule has 4 nitrogen and oxygen atoms in total. The highest BCUT2D eigenvalue weighted by Crippen LogP contribution is 2.18. The molecule has 1 saturated heterocycles. The second-order valence-electron chi connectivity index (χ2n) is 6.15. The third-order valence-electron chi connectivity index (χ3n) is 3.87. The first-order valence-electron chi connectivity index (χ1n) is 7.79. The number of para-hydroxylation sites is 1. The molecule has 1 aromatic carbocycles. The highest BCUT2D eigenvalue weighted by Gasteiger charge is 2.31. The number of carbonyl (C=O) groups is 1. The average molecular weight is 290 g/mol. The number of hydrogen-bond acceptors (Lipinski definition) is 3. The third kappa shape index (κ3) is 4.74. The van der Waals surface area contributed by atoms with Crippen molar-refractivity contribution >= 4 is 5.91 Å². The Morgan fingerprint density at radius 2 is 2.10 bits per heavy atom. The molecule has 1 N–H and O–H groups in total. The molecule has 4 heteroatoms. The van der Waals surface area contributed by atoms with E-state index in [1.807, 2.05) is 35.2 Å². The predicted molar refractivity (Wildman–Crippen MR) is 84.4 cm³/mol. The maximum atomic E-state index is 12.4. The van der Waals surface area contributed by atoms with Gasteiger partial charge in [-0.15, -0.1) is 0 Å². The predicted octanol–water partition coefficient (Wildman–Crippen LogP) is 2.45. The van der Waals surface area contributed by atoms with Crippen molar-refractivity contribution in [2.75, 3.05) is 26.2 Å². The molecular weight excluding hydrogens is 264 g/mol. The van der Waals surface area contributed by atoms with E-state index < -0.39 is 0 Å². The Bertz CT molecular complexity index is 445. The van der Waals surface area contributed by atoms with Gasteiger partial charge in [-0.05, 0) is 45.4 Å². The van der Waals surface area contributed by atoms with E-state index in [2.05, 4.69) is 19.2 Å². The fraction of sp³-hybridized carbons (Fsp3) is 0.588. The lowest BCUT2D eigenvalue weighted by Crippen LogP contribution is -2.51. The number of nitrogens with zero attached hydrogens (tertiary/aromatic N) is 1. The first kappa shape index (κ1) is 15.8. The summed E-state index contributed by atoms with van der Waals surface area (Å²) in [5, 5.41) is 3.39. The lowest BCUT2D eigenvalue weighted by molar-refractivity contribution is -0.136. The maximum Gasteiger partial charge on any atom is 0.223 e. The van der Waals surface area contributed by atoms with E-state index in [1.165, 1.54) is 0 Å². The molecule has 0 bridgehead atoms. The van der Waals surface area contributed by atoms with Gasteiger partial charge in [0, 0.05) is 25.0 Å². The van der Waals surface area contributed by atoms with E-state index in [-0.39, 0.29) is 11.4 Å². The molecule has 2 rings (SSSR count). The van der Waals surface area contributed by atoms with Gasteiger partial charge < -0.3 is 15.0 Å². The average Bonchev–Trinajstić information content (AvgIpc) is 2.65. The zero-order valence-corrected chi connectivity index (χ0v) is 13.1. The minimum atomic E-state index is -0.103. The van der Waals surface area contributed by atoms with Crippen molar-refractivity contribution in [1.29, 1.82) is 0 Å². The molecule has 1 amide bonds. The molecule has 0 unspecified atom stereocenters. The number of amides is 1. The fourth-order valence-electron chi connectivity index (χ4n) is 2.68. The molecule has 0 aliphatic carbocycles. The number of ether oxygens (including phenoxy) is 1. The first-order valence-corrected chi connectivity index (χ1v) is 7.79. The van der Waals surface area contributed by atoms with E-state index in [0.29, 0.717) is 13.0 Å². The van der Waals surface area contributed by atoms with Crippen molar-refractivity contribution in [1.82, 2.24) is 10.2 Å².